The molecule has 6 N–H and O–H groups in total. The first-order chi connectivity index (χ1) is 30.0. The molecule has 0 bridgehead atoms. The lowest BCUT2D eigenvalue weighted by Gasteiger charge is -2.31. The topological polar surface area (TPSA) is 99.0 Å². The van der Waals surface area contributed by atoms with Crippen LogP contribution in [0.5, 0.6) is 0 Å². The van der Waals surface area contributed by atoms with Crippen molar-refractivity contribution < 1.29 is 10.2 Å². The number of hydrogen-bond donors (Lipinski definition) is 4. The molecule has 61 heavy (non-hydrogen) atoms. The van der Waals surface area contributed by atoms with Gasteiger partial charge in [0.1, 0.15) is 0 Å². The van der Waals surface area contributed by atoms with E-state index in [2.05, 4.69) is 79.2 Å². The first-order valence-corrected chi connectivity index (χ1v) is 26.8. The molecule has 0 aliphatic heterocycles. The van der Waals surface area contributed by atoms with Gasteiger partial charge in [0.2, 0.25) is 0 Å². The molecular formula is C55H108N4O2. The van der Waals surface area contributed by atoms with Crippen LogP contribution in [0.25, 0.3) is 0 Å². The van der Waals surface area contributed by atoms with Crippen LogP contribution < -0.4 is 11.5 Å². The van der Waals surface area contributed by atoms with Gasteiger partial charge in [-0.2, -0.15) is 0 Å². The van der Waals surface area contributed by atoms with Crippen LogP contribution in [0.15, 0.2) is 48.6 Å². The minimum absolute atomic E-state index is 0.347. The van der Waals surface area contributed by atoms with Crippen molar-refractivity contribution in [2.45, 2.75) is 257 Å². The summed E-state index contributed by atoms with van der Waals surface area (Å²) in [4.78, 5) is 4.98. The minimum atomic E-state index is -0.423. The molecule has 3 atom stereocenters. The van der Waals surface area contributed by atoms with Crippen LogP contribution in [-0.2, 0) is 0 Å². The Kier molecular flexibility index (Phi) is 48.7. The number of nitrogens with two attached hydrogens (primary N) is 2. The van der Waals surface area contributed by atoms with E-state index in [1.54, 1.807) is 0 Å². The molecule has 0 aromatic rings. The number of rotatable bonds is 49. The van der Waals surface area contributed by atoms with E-state index in [0.717, 1.165) is 39.0 Å². The number of aliphatic hydroxyl groups excluding tert-OH is 2. The average molecular weight is 857 g/mol. The fourth-order valence-electron chi connectivity index (χ4n) is 8.33. The summed E-state index contributed by atoms with van der Waals surface area (Å²) in [5, 5.41) is 20.6. The number of unbranched alkanes of at least 4 members (excludes halogenated alkanes) is 26. The quantitative estimate of drug-likeness (QED) is 0.0359. The lowest BCUT2D eigenvalue weighted by Crippen LogP contribution is -2.42. The zero-order valence-corrected chi connectivity index (χ0v) is 41.3. The minimum Gasteiger partial charge on any atom is -0.390 e. The van der Waals surface area contributed by atoms with E-state index < -0.39 is 12.2 Å². The predicted octanol–water partition coefficient (Wildman–Crippen LogP) is 14.1. The molecule has 0 heterocycles. The van der Waals surface area contributed by atoms with Crippen LogP contribution in [0.3, 0.4) is 0 Å². The number of hydrogen-bond acceptors (Lipinski definition) is 6. The molecule has 6 nitrogen and oxygen atoms in total. The van der Waals surface area contributed by atoms with Gasteiger partial charge in [0.25, 0.3) is 0 Å². The monoisotopic (exact) mass is 857 g/mol. The highest BCUT2D eigenvalue weighted by Crippen LogP contribution is 2.17. The Balaban J connectivity index is 3.97. The Labute approximate surface area is 381 Å². The molecule has 0 aromatic carbocycles. The zero-order chi connectivity index (χ0) is 44.5. The van der Waals surface area contributed by atoms with E-state index in [1.807, 2.05) is 0 Å². The molecule has 0 aliphatic rings. The molecule has 0 saturated carbocycles. The van der Waals surface area contributed by atoms with Gasteiger partial charge in [-0.15, -0.1) is 0 Å². The standard InChI is InChI=1S/C55H108N4O2/c1-4-6-8-10-12-14-16-18-20-22-24-26-30-34-38-42-46-58(51-54(60)49-56)47-43-39-35-31-27-28-32-36-40-44-48-59(52-55(61)50-57)53(3)45-41-37-33-29-25-23-21-19-17-15-13-11-9-7-5-2/h12-15,18-21,53-55,60-61H,4-11,16-17,22-52,56-57H2,1-3H3/b14-12-,15-13-,20-18+,21-19-. The second kappa shape index (κ2) is 49.7. The highest BCUT2D eigenvalue weighted by Gasteiger charge is 2.17. The van der Waals surface area contributed by atoms with Crippen molar-refractivity contribution in [1.29, 1.82) is 0 Å². The predicted molar refractivity (Wildman–Crippen MR) is 272 cm³/mol. The normalized spacial score (nSPS) is 14.0. The van der Waals surface area contributed by atoms with Crippen LogP contribution in [0.2, 0.25) is 0 Å². The maximum atomic E-state index is 10.4. The summed E-state index contributed by atoms with van der Waals surface area (Å²) in [5.41, 5.74) is 11.6. The molecule has 0 amide bonds. The number of aliphatic hydroxyl groups is 2. The molecule has 0 radical (unpaired) electrons. The van der Waals surface area contributed by atoms with Gasteiger partial charge in [0.05, 0.1) is 12.2 Å². The van der Waals surface area contributed by atoms with Crippen molar-refractivity contribution in [3.63, 3.8) is 0 Å². The molecule has 360 valence electrons. The largest absolute Gasteiger partial charge is 0.390 e. The van der Waals surface area contributed by atoms with Crippen molar-refractivity contribution in [3.8, 4) is 0 Å². The van der Waals surface area contributed by atoms with Crippen molar-refractivity contribution in [1.82, 2.24) is 9.80 Å². The SMILES string of the molecule is CCCCC/C=C\C/C=C\CCCCCCCC(C)N(CCCCCCCCCCCCN(CCCCCCCC/C=C/C/C=C\CCCCC)CC(O)CN)CC(O)CN. The van der Waals surface area contributed by atoms with Crippen molar-refractivity contribution >= 4 is 0 Å². The molecule has 0 rings (SSSR count). The summed E-state index contributed by atoms with van der Waals surface area (Å²) in [5.74, 6) is 0. The second-order valence-electron chi connectivity index (χ2n) is 18.6. The Morgan fingerprint density at radius 2 is 0.721 bits per heavy atom. The molecule has 0 spiro atoms. The molecular weight excluding hydrogens is 749 g/mol. The molecule has 0 aliphatic carbocycles. The van der Waals surface area contributed by atoms with E-state index in [0.29, 0.717) is 25.7 Å². The van der Waals surface area contributed by atoms with Crippen molar-refractivity contribution in [3.05, 3.63) is 48.6 Å². The van der Waals surface area contributed by atoms with Gasteiger partial charge in [-0.05, 0) is 116 Å². The third kappa shape index (κ3) is 45.1. The smallest absolute Gasteiger partial charge is 0.0789 e. The molecule has 6 heteroatoms. The van der Waals surface area contributed by atoms with Gasteiger partial charge >= 0.3 is 0 Å². The lowest BCUT2D eigenvalue weighted by atomic mass is 10.0. The third-order valence-electron chi connectivity index (χ3n) is 12.5. The van der Waals surface area contributed by atoms with E-state index in [1.165, 1.54) is 205 Å². The van der Waals surface area contributed by atoms with Crippen molar-refractivity contribution in [2.75, 3.05) is 45.8 Å². The number of nitrogens with zero attached hydrogens (tertiary/aromatic N) is 2. The van der Waals surface area contributed by atoms with Crippen LogP contribution in [-0.4, -0.2) is 84.1 Å². The Bertz CT molecular complexity index is 967. The third-order valence-corrected chi connectivity index (χ3v) is 12.5. The maximum absolute atomic E-state index is 10.4. The van der Waals surface area contributed by atoms with Gasteiger partial charge in [0, 0.05) is 32.2 Å². The first kappa shape index (κ1) is 59.7. The number of allylic oxidation sites excluding steroid dienone is 8. The highest BCUT2D eigenvalue weighted by atomic mass is 16.3. The van der Waals surface area contributed by atoms with E-state index in [-0.39, 0.29) is 0 Å². The summed E-state index contributed by atoms with van der Waals surface area (Å²) in [6.45, 7) is 12.3. The second-order valence-corrected chi connectivity index (χ2v) is 18.6. The van der Waals surface area contributed by atoms with E-state index in [4.69, 9.17) is 11.5 Å². The van der Waals surface area contributed by atoms with Gasteiger partial charge < -0.3 is 26.6 Å². The molecule has 0 saturated heterocycles. The maximum Gasteiger partial charge on any atom is 0.0789 e. The fourth-order valence-corrected chi connectivity index (χ4v) is 8.33. The van der Waals surface area contributed by atoms with E-state index in [9.17, 15) is 10.2 Å². The summed E-state index contributed by atoms with van der Waals surface area (Å²) < 4.78 is 0. The molecule has 0 fully saturated rings. The van der Waals surface area contributed by atoms with Crippen LogP contribution in [0, 0.1) is 0 Å². The van der Waals surface area contributed by atoms with Gasteiger partial charge in [-0.25, -0.2) is 0 Å². The van der Waals surface area contributed by atoms with Crippen LogP contribution in [0.4, 0.5) is 0 Å². The summed E-state index contributed by atoms with van der Waals surface area (Å²) >= 11 is 0. The fraction of sp³-hybridized carbons (Fsp3) is 0.855. The summed E-state index contributed by atoms with van der Waals surface area (Å²) in [6.07, 6.45) is 61.6. The first-order valence-electron chi connectivity index (χ1n) is 26.8. The van der Waals surface area contributed by atoms with Gasteiger partial charge in [-0.1, -0.05) is 191 Å². The lowest BCUT2D eigenvalue weighted by molar-refractivity contribution is 0.0910. The van der Waals surface area contributed by atoms with Gasteiger partial charge in [0.15, 0.2) is 0 Å². The molecule has 0 aromatic heterocycles. The Hall–Kier alpha value is -1.28. The zero-order valence-electron chi connectivity index (χ0n) is 41.3. The summed E-state index contributed by atoms with van der Waals surface area (Å²) in [7, 11) is 0. The van der Waals surface area contributed by atoms with Crippen molar-refractivity contribution in [2.24, 2.45) is 11.5 Å². The Morgan fingerprint density at radius 3 is 1.11 bits per heavy atom. The average Bonchev–Trinajstić information content (AvgIpc) is 3.26. The van der Waals surface area contributed by atoms with Crippen LogP contribution >= 0.6 is 0 Å². The summed E-state index contributed by atoms with van der Waals surface area (Å²) in [6, 6.07) is 0.507. The van der Waals surface area contributed by atoms with Crippen LogP contribution in [0.1, 0.15) is 239 Å². The highest BCUT2D eigenvalue weighted by molar-refractivity contribution is 4.93. The van der Waals surface area contributed by atoms with Gasteiger partial charge in [-0.3, -0.25) is 4.90 Å². The Morgan fingerprint density at radius 1 is 0.393 bits per heavy atom. The van der Waals surface area contributed by atoms with E-state index >= 15 is 0 Å². The molecule has 3 unspecified atom stereocenters.